The lowest BCUT2D eigenvalue weighted by Gasteiger charge is -2.38. The number of nitrogens with zero attached hydrogens (tertiary/aromatic N) is 3. The van der Waals surface area contributed by atoms with E-state index in [1.807, 2.05) is 18.2 Å². The third kappa shape index (κ3) is 3.03. The largest absolute Gasteiger partial charge is 0.480 e. The van der Waals surface area contributed by atoms with E-state index >= 15 is 0 Å². The molecule has 1 spiro atoms. The maximum atomic E-state index is 13.4. The quantitative estimate of drug-likeness (QED) is 0.596. The zero-order valence-electron chi connectivity index (χ0n) is 16.5. The van der Waals surface area contributed by atoms with E-state index in [-0.39, 0.29) is 18.4 Å². The van der Waals surface area contributed by atoms with Crippen LogP contribution in [0.4, 0.5) is 5.69 Å². The van der Waals surface area contributed by atoms with Gasteiger partial charge in [0.15, 0.2) is 0 Å². The molecule has 5 rings (SSSR count). The number of carboxylic acid groups (broad SMARTS) is 1. The Bertz CT molecular complexity index is 1230. The summed E-state index contributed by atoms with van der Waals surface area (Å²) < 4.78 is 0.788. The molecule has 3 heterocycles. The van der Waals surface area contributed by atoms with Gasteiger partial charge in [-0.05, 0) is 43.2 Å². The van der Waals surface area contributed by atoms with Gasteiger partial charge in [0, 0.05) is 39.8 Å². The van der Waals surface area contributed by atoms with Crippen molar-refractivity contribution in [3.8, 4) is 0 Å². The highest BCUT2D eigenvalue weighted by Gasteiger charge is 2.53. The number of piperidine rings is 1. The van der Waals surface area contributed by atoms with E-state index in [2.05, 4.69) is 26.1 Å². The second-order valence-electron chi connectivity index (χ2n) is 7.97. The summed E-state index contributed by atoms with van der Waals surface area (Å²) in [6.45, 7) is 0.447. The van der Waals surface area contributed by atoms with Crippen LogP contribution in [0.1, 0.15) is 28.8 Å². The van der Waals surface area contributed by atoms with Crippen LogP contribution in [0.25, 0.3) is 10.9 Å². The van der Waals surface area contributed by atoms with Crippen LogP contribution in [0, 0.1) is 0 Å². The molecule has 2 aliphatic rings. The van der Waals surface area contributed by atoms with Gasteiger partial charge < -0.3 is 14.9 Å². The SMILES string of the molecule is O=C(O)CN1C(=O)C2(CCN(C(=O)c3ccc4[nH]ncc4c3)CC2)c2c(Br)cccc21. The minimum Gasteiger partial charge on any atom is -0.480 e. The highest BCUT2D eigenvalue weighted by molar-refractivity contribution is 9.10. The molecular weight excluding hydrogens is 464 g/mol. The Morgan fingerprint density at radius 3 is 2.71 bits per heavy atom. The van der Waals surface area contributed by atoms with Gasteiger partial charge in [0.25, 0.3) is 5.91 Å². The second kappa shape index (κ2) is 7.19. The predicted octanol–water partition coefficient (Wildman–Crippen LogP) is 2.93. The van der Waals surface area contributed by atoms with Crippen LogP contribution in [-0.4, -0.2) is 57.6 Å². The normalized spacial score (nSPS) is 17.4. The molecule has 2 aromatic carbocycles. The highest BCUT2D eigenvalue weighted by atomic mass is 79.9. The van der Waals surface area contributed by atoms with Gasteiger partial charge in [-0.25, -0.2) is 0 Å². The number of amides is 2. The summed E-state index contributed by atoms with van der Waals surface area (Å²) in [6.07, 6.45) is 2.56. The number of hydrogen-bond acceptors (Lipinski definition) is 4. The number of aromatic nitrogens is 2. The lowest BCUT2D eigenvalue weighted by Crippen LogP contribution is -2.50. The number of carbonyl (C=O) groups excluding carboxylic acids is 2. The molecule has 8 nitrogen and oxygen atoms in total. The molecule has 0 unspecified atom stereocenters. The third-order valence-electron chi connectivity index (χ3n) is 6.30. The average Bonchev–Trinajstić information content (AvgIpc) is 3.31. The number of carbonyl (C=O) groups is 3. The van der Waals surface area contributed by atoms with Gasteiger partial charge in [-0.1, -0.05) is 22.0 Å². The molecule has 1 aromatic heterocycles. The van der Waals surface area contributed by atoms with Crippen LogP contribution < -0.4 is 4.90 Å². The first-order chi connectivity index (χ1) is 14.9. The molecule has 0 saturated carbocycles. The molecule has 31 heavy (non-hydrogen) atoms. The molecule has 9 heteroatoms. The van der Waals surface area contributed by atoms with E-state index in [1.165, 1.54) is 4.90 Å². The van der Waals surface area contributed by atoms with Crippen LogP contribution >= 0.6 is 15.9 Å². The number of benzene rings is 2. The smallest absolute Gasteiger partial charge is 0.323 e. The van der Waals surface area contributed by atoms with Gasteiger partial charge in [-0.2, -0.15) is 5.10 Å². The van der Waals surface area contributed by atoms with E-state index in [9.17, 15) is 19.5 Å². The van der Waals surface area contributed by atoms with Gasteiger partial charge in [-0.15, -0.1) is 0 Å². The Kier molecular flexibility index (Phi) is 4.58. The van der Waals surface area contributed by atoms with Crippen LogP contribution in [-0.2, 0) is 15.0 Å². The summed E-state index contributed by atoms with van der Waals surface area (Å²) in [7, 11) is 0. The average molecular weight is 483 g/mol. The number of aliphatic carboxylic acids is 1. The van der Waals surface area contributed by atoms with E-state index in [0.717, 1.165) is 20.9 Å². The summed E-state index contributed by atoms with van der Waals surface area (Å²) in [5.41, 5.74) is 2.08. The number of hydrogen-bond donors (Lipinski definition) is 2. The molecular formula is C22H19BrN4O4. The maximum Gasteiger partial charge on any atom is 0.323 e. The molecule has 0 atom stereocenters. The summed E-state index contributed by atoms with van der Waals surface area (Å²) in [5, 5.41) is 17.0. The van der Waals surface area contributed by atoms with Crippen molar-refractivity contribution in [1.82, 2.24) is 15.1 Å². The van der Waals surface area contributed by atoms with Gasteiger partial charge in [0.2, 0.25) is 5.91 Å². The standard InChI is InChI=1S/C22H19BrN4O4/c23-15-2-1-3-17-19(15)22(21(31)27(17)12-18(28)29)6-8-26(9-7-22)20(30)13-4-5-16-14(10-13)11-24-25-16/h1-5,10-11H,6-9,12H2,(H,24,25)(H,28,29). The number of aromatic amines is 1. The van der Waals surface area contributed by atoms with Gasteiger partial charge in [0.1, 0.15) is 6.54 Å². The number of carboxylic acids is 1. The van der Waals surface area contributed by atoms with Gasteiger partial charge in [0.05, 0.1) is 17.1 Å². The molecule has 0 radical (unpaired) electrons. The van der Waals surface area contributed by atoms with Crippen LogP contribution in [0.15, 0.2) is 47.1 Å². The molecule has 3 aromatic rings. The van der Waals surface area contributed by atoms with E-state index in [0.29, 0.717) is 37.2 Å². The Hall–Kier alpha value is -3.20. The zero-order chi connectivity index (χ0) is 21.8. The number of rotatable bonds is 3. The van der Waals surface area contributed by atoms with E-state index in [4.69, 9.17) is 0 Å². The molecule has 1 saturated heterocycles. The fourth-order valence-electron chi connectivity index (χ4n) is 4.79. The number of nitrogens with one attached hydrogen (secondary N) is 1. The van der Waals surface area contributed by atoms with Crippen LogP contribution in [0.2, 0.25) is 0 Å². The molecule has 2 N–H and O–H groups in total. The minimum absolute atomic E-state index is 0.0851. The second-order valence-corrected chi connectivity index (χ2v) is 8.82. The number of fused-ring (bicyclic) bond motifs is 3. The first kappa shape index (κ1) is 19.7. The Morgan fingerprint density at radius 1 is 1.19 bits per heavy atom. The summed E-state index contributed by atoms with van der Waals surface area (Å²) in [6, 6.07) is 10.9. The lowest BCUT2D eigenvalue weighted by atomic mass is 9.73. The molecule has 2 aliphatic heterocycles. The molecule has 158 valence electrons. The summed E-state index contributed by atoms with van der Waals surface area (Å²) >= 11 is 3.56. The first-order valence-electron chi connectivity index (χ1n) is 9.96. The van der Waals surface area contributed by atoms with Crippen molar-refractivity contribution in [3.63, 3.8) is 0 Å². The van der Waals surface area contributed by atoms with E-state index in [1.54, 1.807) is 29.3 Å². The Balaban J connectivity index is 1.43. The van der Waals surface area contributed by atoms with Gasteiger partial charge in [-0.3, -0.25) is 19.5 Å². The van der Waals surface area contributed by atoms with Crippen LogP contribution in [0.3, 0.4) is 0 Å². The fraction of sp³-hybridized carbons (Fsp3) is 0.273. The van der Waals surface area contributed by atoms with Crippen LogP contribution in [0.5, 0.6) is 0 Å². The number of H-pyrrole nitrogens is 1. The van der Waals surface area contributed by atoms with Crippen molar-refractivity contribution in [1.29, 1.82) is 0 Å². The predicted molar refractivity (Wildman–Crippen MR) is 117 cm³/mol. The van der Waals surface area contributed by atoms with Crippen molar-refractivity contribution in [2.24, 2.45) is 0 Å². The monoisotopic (exact) mass is 482 g/mol. The summed E-state index contributed by atoms with van der Waals surface area (Å²) in [4.78, 5) is 41.0. The summed E-state index contributed by atoms with van der Waals surface area (Å²) in [5.74, 6) is -1.35. The van der Waals surface area contributed by atoms with Gasteiger partial charge >= 0.3 is 5.97 Å². The number of halogens is 1. The molecule has 0 aliphatic carbocycles. The first-order valence-corrected chi connectivity index (χ1v) is 10.8. The Labute approximate surface area is 186 Å². The van der Waals surface area contributed by atoms with Crippen molar-refractivity contribution in [2.45, 2.75) is 18.3 Å². The highest BCUT2D eigenvalue weighted by Crippen LogP contribution is 2.50. The lowest BCUT2D eigenvalue weighted by molar-refractivity contribution is -0.137. The number of anilines is 1. The third-order valence-corrected chi connectivity index (χ3v) is 6.96. The van der Waals surface area contributed by atoms with Crippen molar-refractivity contribution in [3.05, 3.63) is 58.2 Å². The molecule has 0 bridgehead atoms. The maximum absolute atomic E-state index is 13.4. The van der Waals surface area contributed by atoms with Crippen molar-refractivity contribution < 1.29 is 19.5 Å². The van der Waals surface area contributed by atoms with Crippen molar-refractivity contribution >= 4 is 50.3 Å². The zero-order valence-corrected chi connectivity index (χ0v) is 18.1. The number of likely N-dealkylation sites (tertiary alicyclic amines) is 1. The van der Waals surface area contributed by atoms with Crippen molar-refractivity contribution in [2.75, 3.05) is 24.5 Å². The topological polar surface area (TPSA) is 107 Å². The van der Waals surface area contributed by atoms with E-state index < -0.39 is 11.4 Å². The Morgan fingerprint density at radius 2 is 1.97 bits per heavy atom. The minimum atomic E-state index is -1.06. The fourth-order valence-corrected chi connectivity index (χ4v) is 5.53. The molecule has 2 amide bonds. The molecule has 1 fully saturated rings.